The Morgan fingerprint density at radius 1 is 1.39 bits per heavy atom. The van der Waals surface area contributed by atoms with E-state index in [0.29, 0.717) is 5.69 Å². The van der Waals surface area contributed by atoms with Gasteiger partial charge >= 0.3 is 5.97 Å². The summed E-state index contributed by atoms with van der Waals surface area (Å²) in [5.41, 5.74) is 2.66. The molecule has 0 radical (unpaired) electrons. The highest BCUT2D eigenvalue weighted by atomic mass is 16.5. The minimum Gasteiger partial charge on any atom is -0.496 e. The number of carboxylic acids is 1. The molecule has 0 atom stereocenters. The van der Waals surface area contributed by atoms with E-state index in [1.165, 1.54) is 4.68 Å². The molecule has 0 saturated carbocycles. The Morgan fingerprint density at radius 2 is 2.11 bits per heavy atom. The van der Waals surface area contributed by atoms with Crippen LogP contribution in [0.5, 0.6) is 5.75 Å². The van der Waals surface area contributed by atoms with Gasteiger partial charge in [-0.05, 0) is 36.8 Å². The molecule has 5 heteroatoms. The van der Waals surface area contributed by atoms with Crippen molar-refractivity contribution in [2.75, 3.05) is 7.11 Å². The van der Waals surface area contributed by atoms with Crippen molar-refractivity contribution in [2.45, 2.75) is 6.92 Å². The summed E-state index contributed by atoms with van der Waals surface area (Å²) in [6, 6.07) is 7.19. The number of nitrogens with zero attached hydrogens (tertiary/aromatic N) is 2. The van der Waals surface area contributed by atoms with Crippen molar-refractivity contribution in [1.29, 1.82) is 0 Å². The molecule has 1 aromatic heterocycles. The molecular formula is C13H14N2O3. The van der Waals surface area contributed by atoms with Gasteiger partial charge in [-0.3, -0.25) is 4.68 Å². The zero-order valence-electron chi connectivity index (χ0n) is 10.5. The number of aromatic carboxylic acids is 1. The van der Waals surface area contributed by atoms with Crippen molar-refractivity contribution in [2.24, 2.45) is 7.05 Å². The van der Waals surface area contributed by atoms with E-state index < -0.39 is 5.97 Å². The lowest BCUT2D eigenvalue weighted by Crippen LogP contribution is -2.04. The molecule has 1 heterocycles. The number of rotatable bonds is 3. The fourth-order valence-electron chi connectivity index (χ4n) is 1.85. The quantitative estimate of drug-likeness (QED) is 0.900. The Balaban J connectivity index is 2.46. The first kappa shape index (κ1) is 12.2. The van der Waals surface area contributed by atoms with E-state index >= 15 is 0 Å². The van der Waals surface area contributed by atoms with Crippen LogP contribution in [0, 0.1) is 6.92 Å². The lowest BCUT2D eigenvalue weighted by atomic mass is 10.1. The van der Waals surface area contributed by atoms with Crippen LogP contribution in [-0.4, -0.2) is 28.0 Å². The number of methoxy groups -OCH3 is 1. The molecule has 0 unspecified atom stereocenters. The van der Waals surface area contributed by atoms with Crippen molar-refractivity contribution >= 4 is 5.97 Å². The zero-order chi connectivity index (χ0) is 13.3. The van der Waals surface area contributed by atoms with Gasteiger partial charge in [0.15, 0.2) is 0 Å². The molecule has 1 aromatic carbocycles. The van der Waals surface area contributed by atoms with E-state index in [4.69, 9.17) is 9.84 Å². The molecule has 0 aliphatic heterocycles. The molecule has 2 rings (SSSR count). The number of benzene rings is 1. The summed E-state index contributed by atoms with van der Waals surface area (Å²) in [6.45, 7) is 1.93. The normalized spacial score (nSPS) is 10.4. The molecule has 0 spiro atoms. The summed E-state index contributed by atoms with van der Waals surface area (Å²) in [5.74, 6) is -0.186. The average Bonchev–Trinajstić information content (AvgIpc) is 2.71. The van der Waals surface area contributed by atoms with E-state index in [1.807, 2.05) is 25.1 Å². The second kappa shape index (κ2) is 4.52. The largest absolute Gasteiger partial charge is 0.496 e. The second-order valence-electron chi connectivity index (χ2n) is 4.03. The van der Waals surface area contributed by atoms with Gasteiger partial charge in [-0.1, -0.05) is 0 Å². The van der Waals surface area contributed by atoms with Gasteiger partial charge in [0.2, 0.25) is 0 Å². The number of hydrogen-bond donors (Lipinski definition) is 1. The third kappa shape index (κ3) is 2.07. The van der Waals surface area contributed by atoms with Crippen LogP contribution in [0.25, 0.3) is 11.3 Å². The van der Waals surface area contributed by atoms with Crippen molar-refractivity contribution in [3.05, 3.63) is 35.5 Å². The van der Waals surface area contributed by atoms with Gasteiger partial charge in [0.05, 0.1) is 12.8 Å². The molecule has 1 N–H and O–H groups in total. The smallest absolute Gasteiger partial charge is 0.354 e. The van der Waals surface area contributed by atoms with Gasteiger partial charge in [0.25, 0.3) is 0 Å². The van der Waals surface area contributed by atoms with Crippen molar-refractivity contribution in [1.82, 2.24) is 9.78 Å². The molecule has 0 aliphatic rings. The first-order valence-corrected chi connectivity index (χ1v) is 5.45. The monoisotopic (exact) mass is 246 g/mol. The molecule has 2 aromatic rings. The zero-order valence-corrected chi connectivity index (χ0v) is 10.5. The molecule has 0 saturated heterocycles. The number of ether oxygens (including phenoxy) is 1. The van der Waals surface area contributed by atoms with Crippen LogP contribution in [0.3, 0.4) is 0 Å². The minimum atomic E-state index is -0.985. The van der Waals surface area contributed by atoms with E-state index in [2.05, 4.69) is 5.10 Å². The van der Waals surface area contributed by atoms with Gasteiger partial charge in [-0.25, -0.2) is 4.79 Å². The van der Waals surface area contributed by atoms with Crippen molar-refractivity contribution in [3.63, 3.8) is 0 Å². The maximum absolute atomic E-state index is 11.0. The fourth-order valence-corrected chi connectivity index (χ4v) is 1.85. The van der Waals surface area contributed by atoms with E-state index in [-0.39, 0.29) is 5.69 Å². The highest BCUT2D eigenvalue weighted by Gasteiger charge is 2.13. The molecule has 0 bridgehead atoms. The Morgan fingerprint density at radius 3 is 2.61 bits per heavy atom. The molecular weight excluding hydrogens is 232 g/mol. The number of hydrogen-bond acceptors (Lipinski definition) is 3. The van der Waals surface area contributed by atoms with Crippen LogP contribution in [0.1, 0.15) is 16.1 Å². The lowest BCUT2D eigenvalue weighted by molar-refractivity contribution is 0.0685. The van der Waals surface area contributed by atoms with Crippen molar-refractivity contribution < 1.29 is 14.6 Å². The fraction of sp³-hybridized carbons (Fsp3) is 0.231. The van der Waals surface area contributed by atoms with Crippen LogP contribution in [-0.2, 0) is 7.05 Å². The van der Waals surface area contributed by atoms with Gasteiger partial charge < -0.3 is 9.84 Å². The van der Waals surface area contributed by atoms with Crippen LogP contribution < -0.4 is 4.74 Å². The maximum Gasteiger partial charge on any atom is 0.354 e. The summed E-state index contributed by atoms with van der Waals surface area (Å²) in [6.07, 6.45) is 0. The van der Waals surface area contributed by atoms with E-state index in [1.54, 1.807) is 20.2 Å². The standard InChI is InChI=1S/C13H14N2O3/c1-8-6-9(4-5-12(8)18-3)10-7-11(13(16)17)15(2)14-10/h4-7H,1-3H3,(H,16,17). The Bertz CT molecular complexity index is 602. The maximum atomic E-state index is 11.0. The lowest BCUT2D eigenvalue weighted by Gasteiger charge is -2.05. The van der Waals surface area contributed by atoms with E-state index in [9.17, 15) is 4.79 Å². The Kier molecular flexibility index (Phi) is 3.06. The second-order valence-corrected chi connectivity index (χ2v) is 4.03. The number of carbonyl (C=O) groups is 1. The minimum absolute atomic E-state index is 0.165. The Hall–Kier alpha value is -2.30. The summed E-state index contributed by atoms with van der Waals surface area (Å²) in [5, 5.41) is 13.2. The molecule has 94 valence electrons. The molecule has 0 amide bonds. The topological polar surface area (TPSA) is 64.3 Å². The molecule has 5 nitrogen and oxygen atoms in total. The predicted octanol–water partition coefficient (Wildman–Crippen LogP) is 2.10. The number of aromatic nitrogens is 2. The van der Waals surface area contributed by atoms with E-state index in [0.717, 1.165) is 16.9 Å². The summed E-state index contributed by atoms with van der Waals surface area (Å²) < 4.78 is 6.54. The van der Waals surface area contributed by atoms with Gasteiger partial charge in [-0.15, -0.1) is 0 Å². The van der Waals surface area contributed by atoms with Gasteiger partial charge in [-0.2, -0.15) is 5.10 Å². The summed E-state index contributed by atoms with van der Waals surface area (Å²) >= 11 is 0. The van der Waals surface area contributed by atoms with Crippen LogP contribution >= 0.6 is 0 Å². The van der Waals surface area contributed by atoms with Crippen molar-refractivity contribution in [3.8, 4) is 17.0 Å². The summed E-state index contributed by atoms with van der Waals surface area (Å²) in [4.78, 5) is 11.0. The number of aryl methyl sites for hydroxylation is 2. The third-order valence-electron chi connectivity index (χ3n) is 2.79. The molecule has 18 heavy (non-hydrogen) atoms. The van der Waals surface area contributed by atoms with Crippen LogP contribution in [0.4, 0.5) is 0 Å². The predicted molar refractivity (Wildman–Crippen MR) is 66.9 cm³/mol. The van der Waals surface area contributed by atoms with Crippen LogP contribution in [0.2, 0.25) is 0 Å². The van der Waals surface area contributed by atoms with Crippen LogP contribution in [0.15, 0.2) is 24.3 Å². The molecule has 0 fully saturated rings. The van der Waals surface area contributed by atoms with Gasteiger partial charge in [0.1, 0.15) is 11.4 Å². The highest BCUT2D eigenvalue weighted by molar-refractivity contribution is 5.87. The Labute approximate surface area is 105 Å². The number of carboxylic acid groups (broad SMARTS) is 1. The third-order valence-corrected chi connectivity index (χ3v) is 2.79. The first-order chi connectivity index (χ1) is 8.52. The first-order valence-electron chi connectivity index (χ1n) is 5.45. The van der Waals surface area contributed by atoms with Gasteiger partial charge in [0, 0.05) is 12.6 Å². The molecule has 0 aliphatic carbocycles. The SMILES string of the molecule is COc1ccc(-c2cc(C(=O)O)n(C)n2)cc1C. The highest BCUT2D eigenvalue weighted by Crippen LogP contribution is 2.25. The average molecular weight is 246 g/mol. The summed E-state index contributed by atoms with van der Waals surface area (Å²) in [7, 11) is 3.23.